The fraction of sp³-hybridized carbons (Fsp3) is 0.469. The number of piperazine rings is 1. The number of hydrogen-bond acceptors (Lipinski definition) is 6. The predicted octanol–water partition coefficient (Wildman–Crippen LogP) is 5.88. The molecule has 2 aliphatic heterocycles. The highest BCUT2D eigenvalue weighted by Gasteiger charge is 2.22. The van der Waals surface area contributed by atoms with Gasteiger partial charge in [0.1, 0.15) is 5.82 Å². The van der Waals surface area contributed by atoms with Gasteiger partial charge in [0.2, 0.25) is 5.95 Å². The van der Waals surface area contributed by atoms with E-state index in [1.54, 1.807) is 0 Å². The third-order valence-electron chi connectivity index (χ3n) is 8.26. The Kier molecular flexibility index (Phi) is 7.02. The molecule has 0 bridgehead atoms. The topological polar surface area (TPSA) is 64.2 Å². The molecular weight excluding hydrogens is 482 g/mol. The van der Waals surface area contributed by atoms with E-state index in [1.807, 2.05) is 6.20 Å². The van der Waals surface area contributed by atoms with Gasteiger partial charge in [-0.1, -0.05) is 58.0 Å². The van der Waals surface area contributed by atoms with Crippen LogP contribution in [0.3, 0.4) is 0 Å². The Labute approximate surface area is 232 Å². The van der Waals surface area contributed by atoms with Crippen molar-refractivity contribution in [3.63, 3.8) is 0 Å². The molecule has 0 amide bonds. The number of nitrogens with zero attached hydrogens (tertiary/aromatic N) is 6. The van der Waals surface area contributed by atoms with Crippen LogP contribution in [0, 0.1) is 5.92 Å². The lowest BCUT2D eigenvalue weighted by atomic mass is 9.87. The molecular formula is C32H41N7. The second-order valence-electron chi connectivity index (χ2n) is 12.4. The lowest BCUT2D eigenvalue weighted by Crippen LogP contribution is -2.46. The first-order chi connectivity index (χ1) is 18.8. The van der Waals surface area contributed by atoms with Crippen molar-refractivity contribution >= 4 is 22.7 Å². The number of imidazole rings is 1. The molecule has 0 radical (unpaired) electrons. The van der Waals surface area contributed by atoms with E-state index < -0.39 is 0 Å². The Morgan fingerprint density at radius 3 is 2.44 bits per heavy atom. The maximum absolute atomic E-state index is 4.94. The van der Waals surface area contributed by atoms with Crippen LogP contribution in [0.5, 0.6) is 0 Å². The van der Waals surface area contributed by atoms with Crippen molar-refractivity contribution in [2.75, 3.05) is 49.1 Å². The van der Waals surface area contributed by atoms with Crippen LogP contribution in [-0.4, -0.2) is 64.1 Å². The molecule has 2 aliphatic rings. The van der Waals surface area contributed by atoms with E-state index in [1.165, 1.54) is 24.1 Å². The van der Waals surface area contributed by atoms with Crippen LogP contribution in [0.15, 0.2) is 54.7 Å². The summed E-state index contributed by atoms with van der Waals surface area (Å²) in [6, 6.07) is 17.3. The zero-order valence-electron chi connectivity index (χ0n) is 23.8. The minimum Gasteiger partial charge on any atom is -0.367 e. The minimum atomic E-state index is 0.142. The first-order valence-electron chi connectivity index (χ1n) is 14.5. The van der Waals surface area contributed by atoms with Gasteiger partial charge in [0, 0.05) is 57.6 Å². The zero-order chi connectivity index (χ0) is 27.0. The van der Waals surface area contributed by atoms with Gasteiger partial charge in [-0.15, -0.1) is 0 Å². The summed E-state index contributed by atoms with van der Waals surface area (Å²) < 4.78 is 0. The summed E-state index contributed by atoms with van der Waals surface area (Å²) in [5.74, 6) is 2.54. The largest absolute Gasteiger partial charge is 0.367 e. The number of rotatable bonds is 5. The number of aromatic amines is 1. The van der Waals surface area contributed by atoms with E-state index in [9.17, 15) is 0 Å². The van der Waals surface area contributed by atoms with Gasteiger partial charge in [-0.05, 0) is 47.9 Å². The minimum absolute atomic E-state index is 0.142. The Morgan fingerprint density at radius 1 is 0.897 bits per heavy atom. The third kappa shape index (κ3) is 5.64. The average Bonchev–Trinajstić information content (AvgIpc) is 3.38. The number of nitrogens with one attached hydrogen (secondary N) is 1. The first-order valence-corrected chi connectivity index (χ1v) is 14.5. The second-order valence-corrected chi connectivity index (χ2v) is 12.4. The number of anilines is 2. The maximum Gasteiger partial charge on any atom is 0.225 e. The van der Waals surface area contributed by atoms with Gasteiger partial charge in [-0.3, -0.25) is 4.90 Å². The number of benzene rings is 2. The average molecular weight is 524 g/mol. The summed E-state index contributed by atoms with van der Waals surface area (Å²) in [7, 11) is 0. The quantitative estimate of drug-likeness (QED) is 0.353. The molecule has 2 aromatic heterocycles. The number of fused-ring (bicyclic) bond motifs is 1. The van der Waals surface area contributed by atoms with E-state index in [0.717, 1.165) is 79.9 Å². The van der Waals surface area contributed by atoms with Gasteiger partial charge in [0.05, 0.1) is 22.4 Å². The summed E-state index contributed by atoms with van der Waals surface area (Å²) in [4.78, 5) is 25.5. The molecule has 0 spiro atoms. The Balaban J connectivity index is 1.12. The molecule has 39 heavy (non-hydrogen) atoms. The van der Waals surface area contributed by atoms with Crippen LogP contribution in [0.4, 0.5) is 11.6 Å². The van der Waals surface area contributed by atoms with Crippen LogP contribution < -0.4 is 9.80 Å². The van der Waals surface area contributed by atoms with Crippen molar-refractivity contribution in [3.8, 4) is 11.4 Å². The fourth-order valence-electron chi connectivity index (χ4n) is 5.92. The normalized spacial score (nSPS) is 19.1. The number of H-pyrrole nitrogens is 1. The molecule has 4 heterocycles. The van der Waals surface area contributed by atoms with Crippen molar-refractivity contribution in [2.24, 2.45) is 5.92 Å². The molecule has 1 unspecified atom stereocenters. The van der Waals surface area contributed by atoms with Crippen LogP contribution >= 0.6 is 0 Å². The molecule has 0 saturated carbocycles. The van der Waals surface area contributed by atoms with Gasteiger partial charge in [0.25, 0.3) is 0 Å². The molecule has 2 saturated heterocycles. The third-order valence-corrected chi connectivity index (χ3v) is 8.26. The highest BCUT2D eigenvalue weighted by Crippen LogP contribution is 2.31. The van der Waals surface area contributed by atoms with Crippen molar-refractivity contribution < 1.29 is 0 Å². The monoisotopic (exact) mass is 523 g/mol. The molecule has 4 aromatic rings. The van der Waals surface area contributed by atoms with Gasteiger partial charge >= 0.3 is 0 Å². The Bertz CT molecular complexity index is 1410. The van der Waals surface area contributed by atoms with Gasteiger partial charge in [0.15, 0.2) is 0 Å². The van der Waals surface area contributed by atoms with Crippen molar-refractivity contribution in [1.29, 1.82) is 0 Å². The van der Waals surface area contributed by atoms with Crippen LogP contribution in [-0.2, 0) is 12.0 Å². The van der Waals surface area contributed by atoms with Gasteiger partial charge in [-0.25, -0.2) is 15.0 Å². The molecule has 204 valence electrons. The van der Waals surface area contributed by atoms with Gasteiger partial charge in [-0.2, -0.15) is 0 Å². The zero-order valence-corrected chi connectivity index (χ0v) is 23.8. The molecule has 1 atom stereocenters. The fourth-order valence-corrected chi connectivity index (χ4v) is 5.92. The van der Waals surface area contributed by atoms with Crippen molar-refractivity contribution in [1.82, 2.24) is 24.8 Å². The first kappa shape index (κ1) is 25.8. The van der Waals surface area contributed by atoms with Crippen molar-refractivity contribution in [2.45, 2.75) is 52.5 Å². The summed E-state index contributed by atoms with van der Waals surface area (Å²) in [5, 5.41) is 0. The summed E-state index contributed by atoms with van der Waals surface area (Å²) in [6.45, 7) is 16.0. The van der Waals surface area contributed by atoms with Crippen molar-refractivity contribution in [3.05, 3.63) is 66.0 Å². The number of hydrogen-bond donors (Lipinski definition) is 1. The summed E-state index contributed by atoms with van der Waals surface area (Å²) in [6.07, 6.45) is 4.46. The number of para-hydroxylation sites is 1. The summed E-state index contributed by atoms with van der Waals surface area (Å²) >= 11 is 0. The van der Waals surface area contributed by atoms with Gasteiger partial charge < -0.3 is 14.8 Å². The lowest BCUT2D eigenvalue weighted by Gasteiger charge is -2.36. The molecule has 6 rings (SSSR count). The molecule has 2 fully saturated rings. The molecule has 0 aliphatic carbocycles. The van der Waals surface area contributed by atoms with Crippen LogP contribution in [0.2, 0.25) is 0 Å². The summed E-state index contributed by atoms with van der Waals surface area (Å²) in [5.41, 5.74) is 7.09. The van der Waals surface area contributed by atoms with E-state index in [0.29, 0.717) is 5.92 Å². The SMILES string of the molecule is CC1CCCN(c2nccc(CN3CCN(c4cccc5nc(-c6ccc(C(C)(C)C)cc6)[nH]c45)CC3)n2)C1. The lowest BCUT2D eigenvalue weighted by molar-refractivity contribution is 0.247. The molecule has 2 aromatic carbocycles. The maximum atomic E-state index is 4.94. The number of piperidine rings is 1. The Morgan fingerprint density at radius 2 is 1.69 bits per heavy atom. The van der Waals surface area contributed by atoms with E-state index in [2.05, 4.69) is 101 Å². The molecule has 7 heteroatoms. The second kappa shape index (κ2) is 10.6. The highest BCUT2D eigenvalue weighted by atomic mass is 15.3. The van der Waals surface area contributed by atoms with Crippen LogP contribution in [0.25, 0.3) is 22.4 Å². The van der Waals surface area contributed by atoms with E-state index in [4.69, 9.17) is 9.97 Å². The predicted molar refractivity (Wildman–Crippen MR) is 160 cm³/mol. The van der Waals surface area contributed by atoms with E-state index in [-0.39, 0.29) is 5.41 Å². The molecule has 1 N–H and O–H groups in total. The van der Waals surface area contributed by atoms with E-state index >= 15 is 0 Å². The Hall–Kier alpha value is -3.45. The highest BCUT2D eigenvalue weighted by molar-refractivity contribution is 5.91. The standard InChI is InChI=1S/C32H41N7/c1-23-7-6-16-39(21-23)31-33-15-14-26(34-31)22-37-17-19-38(20-18-37)28-9-5-8-27-29(28)36-30(35-27)24-10-12-25(13-11-24)32(2,3)4/h5,8-15,23H,6-7,16-22H2,1-4H3,(H,35,36). The molecule has 7 nitrogen and oxygen atoms in total. The smallest absolute Gasteiger partial charge is 0.225 e. The van der Waals surface area contributed by atoms with Crippen LogP contribution in [0.1, 0.15) is 51.8 Å². The number of aromatic nitrogens is 4.